The van der Waals surface area contributed by atoms with Crippen LogP contribution in [0.5, 0.6) is 0 Å². The molecule has 0 aliphatic carbocycles. The van der Waals surface area contributed by atoms with Gasteiger partial charge in [-0.15, -0.1) is 8.93 Å². The average molecular weight is 669 g/mol. The fourth-order valence-corrected chi connectivity index (χ4v) is 4.87. The van der Waals surface area contributed by atoms with Gasteiger partial charge in [0.25, 0.3) is 0 Å². The van der Waals surface area contributed by atoms with Crippen LogP contribution in [0.2, 0.25) is 0 Å². The Morgan fingerprint density at radius 1 is 0.628 bits per heavy atom. The third kappa shape index (κ3) is 31.2. The second kappa shape index (κ2) is 32.8. The summed E-state index contributed by atoms with van der Waals surface area (Å²) in [5.41, 5.74) is 0.177. The van der Waals surface area contributed by atoms with E-state index < -0.39 is 0 Å². The number of hydrogen-bond acceptors (Lipinski definition) is 8. The van der Waals surface area contributed by atoms with Gasteiger partial charge in [-0.25, -0.2) is 0 Å². The Labute approximate surface area is 266 Å². The Kier molecular flexibility index (Phi) is 32.3. The van der Waals surface area contributed by atoms with Crippen molar-refractivity contribution in [3.05, 3.63) is 0 Å². The minimum atomic E-state index is -0.0105. The van der Waals surface area contributed by atoms with Crippen molar-refractivity contribution in [1.29, 1.82) is 0 Å². The maximum Gasteiger partial charge on any atom is 0.222 e. The molecule has 0 aliphatic rings. The Morgan fingerprint density at radius 2 is 1.14 bits per heavy atom. The number of nitrogens with one attached hydrogen (secondary N) is 1. The third-order valence-corrected chi connectivity index (χ3v) is 8.46. The van der Waals surface area contributed by atoms with Crippen molar-refractivity contribution >= 4 is 49.3 Å². The van der Waals surface area contributed by atoms with Crippen LogP contribution in [-0.2, 0) is 38.1 Å². The van der Waals surface area contributed by atoms with Gasteiger partial charge >= 0.3 is 0 Å². The number of hydrogen-bond donors (Lipinski definition) is 1. The van der Waals surface area contributed by atoms with Crippen molar-refractivity contribution < 1.29 is 38.1 Å². The number of ether oxygens (including phenoxy) is 4. The minimum absolute atomic E-state index is 0.00769. The summed E-state index contributed by atoms with van der Waals surface area (Å²) in [7, 11) is 4.77. The van der Waals surface area contributed by atoms with E-state index in [1.54, 1.807) is 4.90 Å². The molecule has 3 unspecified atom stereocenters. The number of carbonyl (C=O) groups excluding carboxylic acids is 4. The molecule has 1 N–H and O–H groups in total. The van der Waals surface area contributed by atoms with E-state index in [1.165, 1.54) is 44.9 Å². The van der Waals surface area contributed by atoms with E-state index in [0.29, 0.717) is 105 Å². The summed E-state index contributed by atoms with van der Waals surface area (Å²) in [6.07, 6.45) is 13.2. The first-order valence-electron chi connectivity index (χ1n) is 16.0. The molecule has 0 aromatic rings. The van der Waals surface area contributed by atoms with Crippen LogP contribution in [0.4, 0.5) is 0 Å². The van der Waals surface area contributed by atoms with Gasteiger partial charge in [-0.05, 0) is 21.1 Å². The maximum atomic E-state index is 12.9. The molecule has 0 rings (SSSR count). The molecule has 0 aliphatic heterocycles. The van der Waals surface area contributed by atoms with Gasteiger partial charge in [0.1, 0.15) is 0 Å². The molecule has 0 spiro atoms. The molecular weight excluding hydrogens is 609 g/mol. The van der Waals surface area contributed by atoms with Crippen LogP contribution in [0.1, 0.15) is 96.8 Å². The number of nitrogens with zero attached hydrogens (tertiary/aromatic N) is 1. The Balaban J connectivity index is 4.18. The smallest absolute Gasteiger partial charge is 0.222 e. The minimum Gasteiger partial charge on any atom is -0.379 e. The van der Waals surface area contributed by atoms with Crippen LogP contribution in [0.3, 0.4) is 0 Å². The van der Waals surface area contributed by atoms with Crippen molar-refractivity contribution in [1.82, 2.24) is 10.2 Å². The lowest BCUT2D eigenvalue weighted by atomic mass is 10.1. The summed E-state index contributed by atoms with van der Waals surface area (Å²) in [6.45, 7) is 6.58. The maximum absolute atomic E-state index is 12.9. The van der Waals surface area contributed by atoms with E-state index in [-0.39, 0.29) is 31.1 Å². The van der Waals surface area contributed by atoms with Crippen LogP contribution in [0, 0.1) is 0 Å². The molecule has 13 heteroatoms. The molecule has 0 saturated heterocycles. The third-order valence-electron chi connectivity index (χ3n) is 6.63. The van der Waals surface area contributed by atoms with Gasteiger partial charge in [0, 0.05) is 45.3 Å². The zero-order valence-corrected chi connectivity index (χ0v) is 29.9. The summed E-state index contributed by atoms with van der Waals surface area (Å²) in [5, 5.41) is 2.94. The molecular formula is C30H59N2O8P3. The number of rotatable bonds is 33. The molecule has 43 heavy (non-hydrogen) atoms. The first-order valence-corrected chi connectivity index (χ1v) is 19.4. The first-order chi connectivity index (χ1) is 20.9. The molecule has 0 radical (unpaired) electrons. The average Bonchev–Trinajstić information content (AvgIpc) is 2.99. The van der Waals surface area contributed by atoms with Crippen LogP contribution >= 0.6 is 26.4 Å². The van der Waals surface area contributed by atoms with E-state index in [0.717, 1.165) is 12.8 Å². The van der Waals surface area contributed by atoms with Crippen molar-refractivity contribution in [3.63, 3.8) is 0 Å². The number of carbonyl (C=O) groups is 4. The Bertz CT molecular complexity index is 719. The highest BCUT2D eigenvalue weighted by atomic mass is 32.0. The lowest BCUT2D eigenvalue weighted by Gasteiger charge is -2.23. The largest absolute Gasteiger partial charge is 0.379 e. The van der Waals surface area contributed by atoms with Crippen molar-refractivity contribution in [2.24, 2.45) is 0 Å². The van der Waals surface area contributed by atoms with Crippen molar-refractivity contribution in [2.45, 2.75) is 96.8 Å². The summed E-state index contributed by atoms with van der Waals surface area (Å²) >= 11 is 0. The van der Waals surface area contributed by atoms with E-state index in [4.69, 9.17) is 18.9 Å². The van der Waals surface area contributed by atoms with Crippen LogP contribution < -0.4 is 5.32 Å². The van der Waals surface area contributed by atoms with E-state index >= 15 is 0 Å². The fourth-order valence-electron chi connectivity index (χ4n) is 4.07. The molecule has 0 aromatic carbocycles. The van der Waals surface area contributed by atoms with Crippen LogP contribution in [0.25, 0.3) is 0 Å². The van der Waals surface area contributed by atoms with Gasteiger partial charge in [0.15, 0.2) is 11.0 Å². The van der Waals surface area contributed by atoms with Gasteiger partial charge in [-0.1, -0.05) is 67.5 Å². The van der Waals surface area contributed by atoms with Gasteiger partial charge in [-0.2, -0.15) is 0 Å². The van der Waals surface area contributed by atoms with Gasteiger partial charge < -0.3 is 29.2 Å². The predicted molar refractivity (Wildman–Crippen MR) is 181 cm³/mol. The SMILES string of the molecule is CCCCCCCCCCCC(=O)NCCCC(=O)N(CCOCCOCCC(=O)P)CCOCCOCCC(=O)PP. The van der Waals surface area contributed by atoms with E-state index in [2.05, 4.69) is 30.4 Å². The normalized spacial score (nSPS) is 11.3. The van der Waals surface area contributed by atoms with Gasteiger partial charge in [0.05, 0.1) is 52.9 Å². The summed E-state index contributed by atoms with van der Waals surface area (Å²) in [4.78, 5) is 49.0. The lowest BCUT2D eigenvalue weighted by Crippen LogP contribution is -2.37. The topological polar surface area (TPSA) is 120 Å². The fraction of sp³-hybridized carbons (Fsp3) is 0.867. The molecule has 0 fully saturated rings. The Hall–Kier alpha value is -0.590. The molecule has 252 valence electrons. The number of unbranched alkanes of at least 4 members (excludes halogenated alkanes) is 8. The van der Waals surface area contributed by atoms with Crippen molar-refractivity contribution in [3.8, 4) is 0 Å². The first kappa shape index (κ1) is 42.4. The van der Waals surface area contributed by atoms with Gasteiger partial charge in [-0.3, -0.25) is 19.2 Å². The standard InChI is InChI=1S/C30H59N2O8P3/c1-2-3-4-5-6-7-8-9-10-12-27(33)31-16-11-13-28(34)32(17-21-39-25-23-37-19-14-29(35)41)18-22-40-26-24-38-20-15-30(36)43-42/h43H,2-26,41-42H2,1H3,(H,31,33). The molecule has 10 nitrogen and oxygen atoms in total. The van der Waals surface area contributed by atoms with Crippen LogP contribution in [-0.4, -0.2) is 100 Å². The van der Waals surface area contributed by atoms with Crippen molar-refractivity contribution in [2.75, 3.05) is 72.5 Å². The quantitative estimate of drug-likeness (QED) is 0.0777. The van der Waals surface area contributed by atoms with E-state index in [9.17, 15) is 19.2 Å². The van der Waals surface area contributed by atoms with Gasteiger partial charge in [0.2, 0.25) is 11.8 Å². The highest BCUT2D eigenvalue weighted by molar-refractivity contribution is 8.11. The summed E-state index contributed by atoms with van der Waals surface area (Å²) < 4.78 is 22.0. The highest BCUT2D eigenvalue weighted by Crippen LogP contribution is 2.22. The second-order valence-corrected chi connectivity index (χ2v) is 12.8. The summed E-state index contributed by atoms with van der Waals surface area (Å²) in [5.74, 6) is 0.0440. The van der Waals surface area contributed by atoms with Crippen LogP contribution in [0.15, 0.2) is 0 Å². The molecule has 0 bridgehead atoms. The molecule has 2 amide bonds. The summed E-state index contributed by atoms with van der Waals surface area (Å²) in [6, 6.07) is 0. The molecule has 0 aromatic heterocycles. The number of amides is 2. The molecule has 0 saturated carbocycles. The predicted octanol–water partition coefficient (Wildman–Crippen LogP) is 4.88. The second-order valence-electron chi connectivity index (χ2n) is 10.4. The zero-order valence-electron chi connectivity index (χ0n) is 26.5. The molecule has 3 atom stereocenters. The Morgan fingerprint density at radius 3 is 1.67 bits per heavy atom. The monoisotopic (exact) mass is 668 g/mol. The lowest BCUT2D eigenvalue weighted by molar-refractivity contribution is -0.133. The highest BCUT2D eigenvalue weighted by Gasteiger charge is 2.13. The van der Waals surface area contributed by atoms with E-state index in [1.807, 2.05) is 0 Å². The zero-order chi connectivity index (χ0) is 31.8. The molecule has 0 heterocycles.